The highest BCUT2D eigenvalue weighted by molar-refractivity contribution is 5.84. The number of aliphatic carboxylic acids is 1. The smallest absolute Gasteiger partial charge is 0.308 e. The van der Waals surface area contributed by atoms with Gasteiger partial charge in [-0.15, -0.1) is 0 Å². The number of carbonyl (C=O) groups is 2. The van der Waals surface area contributed by atoms with Gasteiger partial charge in [-0.05, 0) is 55.7 Å². The van der Waals surface area contributed by atoms with E-state index in [0.29, 0.717) is 18.4 Å². The summed E-state index contributed by atoms with van der Waals surface area (Å²) in [6.07, 6.45) is 3.69. The fourth-order valence-electron chi connectivity index (χ4n) is 3.20. The van der Waals surface area contributed by atoms with Crippen molar-refractivity contribution in [2.24, 2.45) is 17.3 Å². The zero-order valence-electron chi connectivity index (χ0n) is 13.4. The number of amides is 1. The van der Waals surface area contributed by atoms with E-state index in [9.17, 15) is 14.7 Å². The lowest BCUT2D eigenvalue weighted by Crippen LogP contribution is -2.35. The van der Waals surface area contributed by atoms with E-state index in [4.69, 9.17) is 4.74 Å². The zero-order chi connectivity index (χ0) is 16.4. The molecule has 1 aromatic rings. The van der Waals surface area contributed by atoms with Gasteiger partial charge < -0.3 is 15.2 Å². The van der Waals surface area contributed by atoms with Gasteiger partial charge in [-0.3, -0.25) is 9.59 Å². The monoisotopic (exact) mass is 317 g/mol. The van der Waals surface area contributed by atoms with Gasteiger partial charge in [0.1, 0.15) is 5.75 Å². The maximum atomic E-state index is 12.0. The van der Waals surface area contributed by atoms with Crippen molar-refractivity contribution in [1.82, 2.24) is 5.32 Å². The van der Waals surface area contributed by atoms with Crippen LogP contribution in [-0.2, 0) is 16.0 Å². The Morgan fingerprint density at radius 3 is 2.57 bits per heavy atom. The van der Waals surface area contributed by atoms with Crippen molar-refractivity contribution in [3.63, 3.8) is 0 Å². The number of hydrogen-bond donors (Lipinski definition) is 2. The number of rotatable bonds is 8. The Balaban J connectivity index is 1.51. The first-order valence-corrected chi connectivity index (χ1v) is 8.26. The van der Waals surface area contributed by atoms with Gasteiger partial charge in [0.15, 0.2) is 0 Å². The van der Waals surface area contributed by atoms with Crippen LogP contribution in [0, 0.1) is 17.3 Å². The maximum absolute atomic E-state index is 12.0. The first-order chi connectivity index (χ1) is 11.0. The molecule has 2 aliphatic rings. The van der Waals surface area contributed by atoms with E-state index in [2.05, 4.69) is 5.32 Å². The molecule has 1 aromatic carbocycles. The average Bonchev–Trinajstić information content (AvgIpc) is 3.45. The van der Waals surface area contributed by atoms with Crippen LogP contribution >= 0.6 is 0 Å². The van der Waals surface area contributed by atoms with E-state index in [-0.39, 0.29) is 18.4 Å². The molecular formula is C18H23NO4. The Hall–Kier alpha value is -2.04. The normalized spacial score (nSPS) is 21.5. The van der Waals surface area contributed by atoms with Crippen molar-refractivity contribution in [3.8, 4) is 5.75 Å². The third-order valence-electron chi connectivity index (χ3n) is 4.99. The van der Waals surface area contributed by atoms with Crippen molar-refractivity contribution in [2.75, 3.05) is 13.2 Å². The Kier molecular flexibility index (Phi) is 4.28. The van der Waals surface area contributed by atoms with Crippen LogP contribution in [-0.4, -0.2) is 30.1 Å². The van der Waals surface area contributed by atoms with E-state index in [1.807, 2.05) is 31.2 Å². The lowest BCUT2D eigenvalue weighted by molar-refractivity contribution is -0.141. The maximum Gasteiger partial charge on any atom is 0.308 e. The number of benzene rings is 1. The molecule has 23 heavy (non-hydrogen) atoms. The zero-order valence-corrected chi connectivity index (χ0v) is 13.4. The summed E-state index contributed by atoms with van der Waals surface area (Å²) in [7, 11) is 0. The van der Waals surface area contributed by atoms with Gasteiger partial charge >= 0.3 is 5.97 Å². The molecule has 2 unspecified atom stereocenters. The second kappa shape index (κ2) is 6.22. The Labute approximate surface area is 136 Å². The van der Waals surface area contributed by atoms with E-state index in [1.165, 1.54) is 0 Å². The summed E-state index contributed by atoms with van der Waals surface area (Å²) >= 11 is 0. The van der Waals surface area contributed by atoms with Crippen molar-refractivity contribution >= 4 is 11.9 Å². The quantitative estimate of drug-likeness (QED) is 0.771. The van der Waals surface area contributed by atoms with Gasteiger partial charge in [0.25, 0.3) is 0 Å². The van der Waals surface area contributed by atoms with E-state index >= 15 is 0 Å². The van der Waals surface area contributed by atoms with Crippen LogP contribution in [0.4, 0.5) is 0 Å². The number of hydrogen-bond acceptors (Lipinski definition) is 3. The minimum atomic E-state index is -0.879. The molecule has 5 nitrogen and oxygen atoms in total. The predicted molar refractivity (Wildman–Crippen MR) is 85.2 cm³/mol. The van der Waals surface area contributed by atoms with Crippen molar-refractivity contribution in [1.29, 1.82) is 0 Å². The van der Waals surface area contributed by atoms with Crippen LogP contribution < -0.4 is 10.1 Å². The van der Waals surface area contributed by atoms with Crippen LogP contribution in [0.15, 0.2) is 24.3 Å². The third kappa shape index (κ3) is 3.66. The van der Waals surface area contributed by atoms with Crippen LogP contribution in [0.1, 0.15) is 31.7 Å². The highest BCUT2D eigenvalue weighted by Gasteiger charge is 2.65. The van der Waals surface area contributed by atoms with Gasteiger partial charge in [0, 0.05) is 12.5 Å². The number of carboxylic acids is 1. The minimum absolute atomic E-state index is 0.0282. The van der Waals surface area contributed by atoms with Gasteiger partial charge in [-0.2, -0.15) is 0 Å². The standard InChI is InChI=1S/C18H23NO4/c1-2-23-14-5-3-12(4-6-14)9-13(17(21)22)11-19-16(20)15-10-18(15)7-8-18/h3-6,13,15H,2,7-11H2,1H3,(H,19,20)(H,21,22). The molecule has 0 aliphatic heterocycles. The largest absolute Gasteiger partial charge is 0.494 e. The summed E-state index contributed by atoms with van der Waals surface area (Å²) in [5.74, 6) is -0.551. The molecule has 2 fully saturated rings. The fraction of sp³-hybridized carbons (Fsp3) is 0.556. The van der Waals surface area contributed by atoms with Crippen LogP contribution in [0.25, 0.3) is 0 Å². The highest BCUT2D eigenvalue weighted by Crippen LogP contribution is 2.70. The van der Waals surface area contributed by atoms with Crippen molar-refractivity contribution in [3.05, 3.63) is 29.8 Å². The molecule has 2 saturated carbocycles. The molecule has 0 bridgehead atoms. The summed E-state index contributed by atoms with van der Waals surface area (Å²) in [6.45, 7) is 2.71. The van der Waals surface area contributed by atoms with Gasteiger partial charge in [-0.25, -0.2) is 0 Å². The van der Waals surface area contributed by atoms with Gasteiger partial charge in [0.05, 0.1) is 12.5 Å². The summed E-state index contributed by atoms with van der Waals surface area (Å²) in [5, 5.41) is 12.2. The molecule has 0 heterocycles. The van der Waals surface area contributed by atoms with Gasteiger partial charge in [0.2, 0.25) is 5.91 Å². The molecule has 2 atom stereocenters. The molecule has 3 rings (SSSR count). The number of carboxylic acid groups (broad SMARTS) is 1. The first kappa shape index (κ1) is 15.8. The van der Waals surface area contributed by atoms with E-state index in [0.717, 1.165) is 30.6 Å². The highest BCUT2D eigenvalue weighted by atomic mass is 16.5. The SMILES string of the molecule is CCOc1ccc(CC(CNC(=O)C2CC23CC3)C(=O)O)cc1. The minimum Gasteiger partial charge on any atom is -0.494 e. The second-order valence-electron chi connectivity index (χ2n) is 6.68. The molecule has 2 N–H and O–H groups in total. The Morgan fingerprint density at radius 2 is 2.04 bits per heavy atom. The molecule has 0 radical (unpaired) electrons. The lowest BCUT2D eigenvalue weighted by Gasteiger charge is -2.14. The Morgan fingerprint density at radius 1 is 1.35 bits per heavy atom. The summed E-state index contributed by atoms with van der Waals surface area (Å²) in [4.78, 5) is 23.5. The van der Waals surface area contributed by atoms with Crippen LogP contribution in [0.2, 0.25) is 0 Å². The van der Waals surface area contributed by atoms with E-state index < -0.39 is 11.9 Å². The third-order valence-corrected chi connectivity index (χ3v) is 4.99. The number of nitrogens with one attached hydrogen (secondary N) is 1. The molecule has 1 amide bonds. The van der Waals surface area contributed by atoms with Gasteiger partial charge in [-0.1, -0.05) is 12.1 Å². The first-order valence-electron chi connectivity index (χ1n) is 8.26. The molecule has 0 aromatic heterocycles. The topological polar surface area (TPSA) is 75.6 Å². The van der Waals surface area contributed by atoms with Crippen LogP contribution in [0.3, 0.4) is 0 Å². The number of carbonyl (C=O) groups excluding carboxylic acids is 1. The second-order valence-corrected chi connectivity index (χ2v) is 6.68. The molecule has 0 saturated heterocycles. The predicted octanol–water partition coefficient (Wildman–Crippen LogP) is 2.24. The lowest BCUT2D eigenvalue weighted by atomic mass is 9.99. The molecule has 124 valence electrons. The van der Waals surface area contributed by atoms with Crippen LogP contribution in [0.5, 0.6) is 5.75 Å². The molecule has 5 heteroatoms. The van der Waals surface area contributed by atoms with Crippen molar-refractivity contribution < 1.29 is 19.4 Å². The van der Waals surface area contributed by atoms with E-state index in [1.54, 1.807) is 0 Å². The molecule has 2 aliphatic carbocycles. The average molecular weight is 317 g/mol. The summed E-state index contributed by atoms with van der Waals surface area (Å²) < 4.78 is 5.38. The summed E-state index contributed by atoms with van der Waals surface area (Å²) in [5.41, 5.74) is 1.23. The summed E-state index contributed by atoms with van der Waals surface area (Å²) in [6, 6.07) is 7.44. The fourth-order valence-corrected chi connectivity index (χ4v) is 3.20. The molecule has 1 spiro atoms. The Bertz CT molecular complexity index is 592. The van der Waals surface area contributed by atoms with Crippen molar-refractivity contribution in [2.45, 2.75) is 32.6 Å². The molecular weight excluding hydrogens is 294 g/mol. The number of ether oxygens (including phenoxy) is 1.